The monoisotopic (exact) mass is 363 g/mol. The van der Waals surface area contributed by atoms with Gasteiger partial charge in [0.05, 0.1) is 17.7 Å². The average Bonchev–Trinajstić information content (AvgIpc) is 2.73. The SMILES string of the molecule is C=NC1C=CC=CC1/C=C(\Cc1cccc(C#N)c1)N(CC)CCC.CC. The summed E-state index contributed by atoms with van der Waals surface area (Å²) in [7, 11) is 0. The molecule has 144 valence electrons. The van der Waals surface area contributed by atoms with Gasteiger partial charge >= 0.3 is 0 Å². The van der Waals surface area contributed by atoms with Crippen molar-refractivity contribution < 1.29 is 0 Å². The van der Waals surface area contributed by atoms with Gasteiger partial charge in [0.15, 0.2) is 0 Å². The zero-order valence-electron chi connectivity index (χ0n) is 17.2. The van der Waals surface area contributed by atoms with E-state index in [4.69, 9.17) is 5.26 Å². The molecule has 0 saturated heterocycles. The first-order valence-corrected chi connectivity index (χ1v) is 9.97. The van der Waals surface area contributed by atoms with E-state index < -0.39 is 0 Å². The quantitative estimate of drug-likeness (QED) is 0.568. The molecule has 27 heavy (non-hydrogen) atoms. The van der Waals surface area contributed by atoms with Gasteiger partial charge in [-0.05, 0) is 37.8 Å². The molecule has 1 aromatic rings. The zero-order valence-corrected chi connectivity index (χ0v) is 17.2. The first-order valence-electron chi connectivity index (χ1n) is 9.97. The summed E-state index contributed by atoms with van der Waals surface area (Å²) < 4.78 is 0. The number of benzene rings is 1. The second-order valence-corrected chi connectivity index (χ2v) is 6.25. The summed E-state index contributed by atoms with van der Waals surface area (Å²) >= 11 is 0. The van der Waals surface area contributed by atoms with Gasteiger partial charge in [0.1, 0.15) is 0 Å². The minimum atomic E-state index is 0.0887. The van der Waals surface area contributed by atoms with Gasteiger partial charge < -0.3 is 4.90 Å². The van der Waals surface area contributed by atoms with Gasteiger partial charge in [-0.3, -0.25) is 4.99 Å². The predicted molar refractivity (Wildman–Crippen MR) is 117 cm³/mol. The van der Waals surface area contributed by atoms with E-state index in [1.807, 2.05) is 38.1 Å². The smallest absolute Gasteiger partial charge is 0.0991 e. The van der Waals surface area contributed by atoms with E-state index in [2.05, 4.69) is 66.9 Å². The molecule has 2 atom stereocenters. The Bertz CT molecular complexity index is 707. The van der Waals surface area contributed by atoms with Gasteiger partial charge in [-0.15, -0.1) is 0 Å². The third kappa shape index (κ3) is 6.90. The highest BCUT2D eigenvalue weighted by Gasteiger charge is 2.17. The van der Waals surface area contributed by atoms with Crippen molar-refractivity contribution >= 4 is 6.72 Å². The maximum atomic E-state index is 9.15. The lowest BCUT2D eigenvalue weighted by Gasteiger charge is -2.28. The van der Waals surface area contributed by atoms with Crippen molar-refractivity contribution in [3.8, 4) is 6.07 Å². The molecule has 0 aliphatic heterocycles. The highest BCUT2D eigenvalue weighted by molar-refractivity contribution is 5.35. The Hall–Kier alpha value is -2.60. The largest absolute Gasteiger partial charge is 0.375 e. The fourth-order valence-electron chi connectivity index (χ4n) is 3.18. The van der Waals surface area contributed by atoms with Crippen LogP contribution in [0.25, 0.3) is 0 Å². The molecule has 0 radical (unpaired) electrons. The van der Waals surface area contributed by atoms with Crippen LogP contribution in [-0.2, 0) is 6.42 Å². The average molecular weight is 364 g/mol. The number of hydrogen-bond donors (Lipinski definition) is 0. The molecule has 1 aliphatic carbocycles. The number of nitriles is 1. The molecule has 2 rings (SSSR count). The number of aliphatic imine (C=N–C) groups is 1. The maximum Gasteiger partial charge on any atom is 0.0991 e. The standard InChI is InChI=1S/C22H27N3.C2H6/c1-4-13-25(5-2)21(15-18-9-8-10-19(14-18)17-23)16-20-11-6-7-12-22(20)24-3;1-2/h6-12,14,16,20,22H,3-5,13,15H2,1-2H3;1-2H3/b21-16+;. The normalized spacial score (nSPS) is 18.3. The van der Waals surface area contributed by atoms with Crippen LogP contribution >= 0.6 is 0 Å². The molecule has 0 heterocycles. The van der Waals surface area contributed by atoms with Gasteiger partial charge in [-0.25, -0.2) is 0 Å². The first kappa shape index (κ1) is 22.4. The van der Waals surface area contributed by atoms with E-state index in [1.165, 1.54) is 11.3 Å². The van der Waals surface area contributed by atoms with Crippen molar-refractivity contribution in [1.29, 1.82) is 5.26 Å². The van der Waals surface area contributed by atoms with Crippen molar-refractivity contribution in [2.75, 3.05) is 13.1 Å². The molecule has 0 spiro atoms. The summed E-state index contributed by atoms with van der Waals surface area (Å²) in [6.07, 6.45) is 12.6. The number of nitrogens with zero attached hydrogens (tertiary/aromatic N) is 3. The Morgan fingerprint density at radius 2 is 2.00 bits per heavy atom. The Labute approximate surface area is 165 Å². The van der Waals surface area contributed by atoms with Crippen LogP contribution in [0.15, 0.2) is 65.3 Å². The van der Waals surface area contributed by atoms with E-state index in [-0.39, 0.29) is 12.0 Å². The molecule has 0 aromatic heterocycles. The van der Waals surface area contributed by atoms with Crippen LogP contribution in [0.4, 0.5) is 0 Å². The third-order valence-corrected chi connectivity index (χ3v) is 4.47. The topological polar surface area (TPSA) is 39.4 Å². The summed E-state index contributed by atoms with van der Waals surface area (Å²) in [6, 6.07) is 10.2. The van der Waals surface area contributed by atoms with E-state index in [1.54, 1.807) is 0 Å². The summed E-state index contributed by atoms with van der Waals surface area (Å²) in [6.45, 7) is 14.1. The van der Waals surface area contributed by atoms with E-state index in [0.29, 0.717) is 5.56 Å². The maximum absolute atomic E-state index is 9.15. The molecule has 0 saturated carbocycles. The molecule has 1 aliphatic rings. The molecule has 1 aromatic carbocycles. The van der Waals surface area contributed by atoms with Crippen LogP contribution in [0.5, 0.6) is 0 Å². The predicted octanol–water partition coefficient (Wildman–Crippen LogP) is 5.55. The van der Waals surface area contributed by atoms with Gasteiger partial charge in [-0.2, -0.15) is 5.26 Å². The van der Waals surface area contributed by atoms with Crippen LogP contribution in [-0.4, -0.2) is 30.7 Å². The van der Waals surface area contributed by atoms with Crippen molar-refractivity contribution in [3.05, 3.63) is 71.5 Å². The minimum absolute atomic E-state index is 0.0887. The van der Waals surface area contributed by atoms with E-state index in [9.17, 15) is 0 Å². The molecule has 0 amide bonds. The molecule has 2 unspecified atom stereocenters. The lowest BCUT2D eigenvalue weighted by Crippen LogP contribution is -2.27. The summed E-state index contributed by atoms with van der Waals surface area (Å²) in [5.41, 5.74) is 3.16. The van der Waals surface area contributed by atoms with Crippen LogP contribution in [0.3, 0.4) is 0 Å². The summed E-state index contributed by atoms with van der Waals surface area (Å²) in [4.78, 5) is 6.68. The fraction of sp³-hybridized carbons (Fsp3) is 0.417. The van der Waals surface area contributed by atoms with E-state index in [0.717, 1.165) is 25.9 Å². The van der Waals surface area contributed by atoms with Gasteiger partial charge in [-0.1, -0.05) is 63.3 Å². The summed E-state index contributed by atoms with van der Waals surface area (Å²) in [5, 5.41) is 9.15. The van der Waals surface area contributed by atoms with Crippen molar-refractivity contribution in [3.63, 3.8) is 0 Å². The van der Waals surface area contributed by atoms with Crippen molar-refractivity contribution in [2.45, 2.75) is 46.6 Å². The zero-order chi connectivity index (χ0) is 20.1. The third-order valence-electron chi connectivity index (χ3n) is 4.47. The highest BCUT2D eigenvalue weighted by atomic mass is 15.1. The Morgan fingerprint density at radius 3 is 2.63 bits per heavy atom. The second kappa shape index (κ2) is 12.7. The van der Waals surface area contributed by atoms with Gasteiger partial charge in [0, 0.05) is 31.1 Å². The van der Waals surface area contributed by atoms with Crippen LogP contribution in [0, 0.1) is 17.2 Å². The van der Waals surface area contributed by atoms with Crippen LogP contribution in [0.1, 0.15) is 45.2 Å². The molecule has 0 bridgehead atoms. The Kier molecular flexibility index (Phi) is 10.6. The van der Waals surface area contributed by atoms with Crippen LogP contribution in [0.2, 0.25) is 0 Å². The first-order chi connectivity index (χ1) is 13.2. The number of rotatable bonds is 8. The Morgan fingerprint density at radius 1 is 1.26 bits per heavy atom. The van der Waals surface area contributed by atoms with Crippen molar-refractivity contribution in [1.82, 2.24) is 4.90 Å². The fourth-order valence-corrected chi connectivity index (χ4v) is 3.18. The minimum Gasteiger partial charge on any atom is -0.375 e. The van der Waals surface area contributed by atoms with Crippen LogP contribution < -0.4 is 0 Å². The second-order valence-electron chi connectivity index (χ2n) is 6.25. The number of likely N-dealkylation sites (N-methyl/N-ethyl adjacent to an activating group) is 1. The van der Waals surface area contributed by atoms with Gasteiger partial charge in [0.2, 0.25) is 0 Å². The molecule has 3 nitrogen and oxygen atoms in total. The molecule has 3 heteroatoms. The number of hydrogen-bond acceptors (Lipinski definition) is 3. The van der Waals surface area contributed by atoms with Crippen molar-refractivity contribution in [2.24, 2.45) is 10.9 Å². The number of allylic oxidation sites excluding steroid dienone is 3. The lowest BCUT2D eigenvalue weighted by molar-refractivity contribution is 0.351. The van der Waals surface area contributed by atoms with Gasteiger partial charge in [0.25, 0.3) is 0 Å². The highest BCUT2D eigenvalue weighted by Crippen LogP contribution is 2.23. The Balaban J connectivity index is 0.00000176. The summed E-state index contributed by atoms with van der Waals surface area (Å²) in [5.74, 6) is 0.225. The molecular formula is C24H33N3. The van der Waals surface area contributed by atoms with E-state index >= 15 is 0 Å². The molecule has 0 N–H and O–H groups in total. The molecule has 0 fully saturated rings. The lowest BCUT2D eigenvalue weighted by atomic mass is 9.93. The molecular weight excluding hydrogens is 330 g/mol.